The summed E-state index contributed by atoms with van der Waals surface area (Å²) < 4.78 is 2.12. The molecule has 4 heteroatoms. The summed E-state index contributed by atoms with van der Waals surface area (Å²) in [5.41, 5.74) is 0. The third kappa shape index (κ3) is 2.43. The van der Waals surface area contributed by atoms with E-state index in [0.717, 1.165) is 18.2 Å². The predicted molar refractivity (Wildman–Crippen MR) is 64.5 cm³/mol. The number of aromatic nitrogens is 3. The number of hydrogen-bond donors (Lipinski definition) is 1. The highest BCUT2D eigenvalue weighted by Gasteiger charge is 2.24. The quantitative estimate of drug-likeness (QED) is 0.850. The number of nitrogens with zero attached hydrogens (tertiary/aromatic N) is 3. The van der Waals surface area contributed by atoms with Crippen LogP contribution in [0, 0.1) is 13.8 Å². The maximum Gasteiger partial charge on any atom is 0.147 e. The molecule has 0 saturated heterocycles. The molecule has 0 bridgehead atoms. The Hall–Kier alpha value is -0.900. The van der Waals surface area contributed by atoms with Gasteiger partial charge in [0.05, 0.1) is 6.04 Å². The van der Waals surface area contributed by atoms with E-state index >= 15 is 0 Å². The van der Waals surface area contributed by atoms with Crippen LogP contribution in [-0.2, 0) is 0 Å². The highest BCUT2D eigenvalue weighted by Crippen LogP contribution is 2.28. The van der Waals surface area contributed by atoms with Crippen molar-refractivity contribution in [3.63, 3.8) is 0 Å². The van der Waals surface area contributed by atoms with Crippen molar-refractivity contribution in [1.82, 2.24) is 20.1 Å². The first-order valence-electron chi connectivity index (χ1n) is 6.33. The average Bonchev–Trinajstić information content (AvgIpc) is 2.59. The fourth-order valence-corrected chi connectivity index (χ4v) is 2.74. The molecule has 0 radical (unpaired) electrons. The van der Waals surface area contributed by atoms with E-state index in [2.05, 4.69) is 33.9 Å². The SMILES string of the molecule is CCNC1CCCC(n2nc(C)nc2C)C1. The van der Waals surface area contributed by atoms with Crippen LogP contribution in [-0.4, -0.2) is 27.4 Å². The van der Waals surface area contributed by atoms with Gasteiger partial charge in [0.2, 0.25) is 0 Å². The highest BCUT2D eigenvalue weighted by molar-refractivity contribution is 4.92. The molecule has 0 spiro atoms. The molecule has 1 N–H and O–H groups in total. The molecule has 16 heavy (non-hydrogen) atoms. The van der Waals surface area contributed by atoms with Gasteiger partial charge < -0.3 is 5.32 Å². The molecule has 0 amide bonds. The predicted octanol–water partition coefficient (Wildman–Crippen LogP) is 1.99. The summed E-state index contributed by atoms with van der Waals surface area (Å²) in [4.78, 5) is 4.39. The van der Waals surface area contributed by atoms with Gasteiger partial charge in [-0.1, -0.05) is 6.92 Å². The van der Waals surface area contributed by atoms with E-state index in [9.17, 15) is 0 Å². The van der Waals surface area contributed by atoms with Gasteiger partial charge in [0.15, 0.2) is 0 Å². The third-order valence-corrected chi connectivity index (χ3v) is 3.39. The lowest BCUT2D eigenvalue weighted by Gasteiger charge is -2.30. The number of aryl methyl sites for hydroxylation is 2. The molecule has 1 saturated carbocycles. The molecule has 1 aromatic rings. The summed E-state index contributed by atoms with van der Waals surface area (Å²) in [7, 11) is 0. The van der Waals surface area contributed by atoms with Crippen LogP contribution in [0.1, 0.15) is 50.3 Å². The first-order chi connectivity index (χ1) is 7.70. The van der Waals surface area contributed by atoms with Crippen molar-refractivity contribution in [2.75, 3.05) is 6.54 Å². The second kappa shape index (κ2) is 4.95. The Balaban J connectivity index is 2.06. The maximum atomic E-state index is 4.51. The standard InChI is InChI=1S/C12H22N4/c1-4-13-11-6-5-7-12(8-11)16-10(3)14-9(2)15-16/h11-13H,4-8H2,1-3H3. The molecule has 0 aliphatic heterocycles. The molecule has 4 nitrogen and oxygen atoms in total. The third-order valence-electron chi connectivity index (χ3n) is 3.39. The van der Waals surface area contributed by atoms with E-state index < -0.39 is 0 Å². The molecule has 2 unspecified atom stereocenters. The van der Waals surface area contributed by atoms with Crippen LogP contribution in [0.25, 0.3) is 0 Å². The van der Waals surface area contributed by atoms with E-state index in [1.807, 2.05) is 6.92 Å². The first-order valence-corrected chi connectivity index (χ1v) is 6.33. The number of nitrogens with one attached hydrogen (secondary N) is 1. The molecule has 1 fully saturated rings. The second-order valence-corrected chi connectivity index (χ2v) is 4.73. The van der Waals surface area contributed by atoms with E-state index in [-0.39, 0.29) is 0 Å². The minimum absolute atomic E-state index is 0.541. The van der Waals surface area contributed by atoms with Crippen molar-refractivity contribution in [3.8, 4) is 0 Å². The fraction of sp³-hybridized carbons (Fsp3) is 0.833. The maximum absolute atomic E-state index is 4.51. The van der Waals surface area contributed by atoms with Gasteiger partial charge in [0, 0.05) is 6.04 Å². The van der Waals surface area contributed by atoms with Crippen LogP contribution in [0.3, 0.4) is 0 Å². The topological polar surface area (TPSA) is 42.7 Å². The fourth-order valence-electron chi connectivity index (χ4n) is 2.74. The van der Waals surface area contributed by atoms with Crippen molar-refractivity contribution in [2.24, 2.45) is 0 Å². The van der Waals surface area contributed by atoms with Gasteiger partial charge >= 0.3 is 0 Å². The number of hydrogen-bond acceptors (Lipinski definition) is 3. The molecule has 90 valence electrons. The van der Waals surface area contributed by atoms with E-state index in [4.69, 9.17) is 0 Å². The van der Waals surface area contributed by atoms with Crippen LogP contribution in [0.2, 0.25) is 0 Å². The van der Waals surface area contributed by atoms with Gasteiger partial charge in [0.25, 0.3) is 0 Å². The summed E-state index contributed by atoms with van der Waals surface area (Å²) >= 11 is 0. The van der Waals surface area contributed by atoms with Crippen LogP contribution in [0.4, 0.5) is 0 Å². The van der Waals surface area contributed by atoms with Crippen LogP contribution < -0.4 is 5.32 Å². The molecule has 1 heterocycles. The Morgan fingerprint density at radius 3 is 2.81 bits per heavy atom. The van der Waals surface area contributed by atoms with Gasteiger partial charge in [-0.3, -0.25) is 0 Å². The molecule has 2 rings (SSSR count). The van der Waals surface area contributed by atoms with E-state index in [0.29, 0.717) is 12.1 Å². The summed E-state index contributed by atoms with van der Waals surface area (Å²) in [5, 5.41) is 8.06. The lowest BCUT2D eigenvalue weighted by molar-refractivity contribution is 0.268. The molecular weight excluding hydrogens is 200 g/mol. The summed E-state index contributed by atoms with van der Waals surface area (Å²) in [6.07, 6.45) is 5.03. The monoisotopic (exact) mass is 222 g/mol. The van der Waals surface area contributed by atoms with Gasteiger partial charge in [-0.25, -0.2) is 9.67 Å². The van der Waals surface area contributed by atoms with Crippen molar-refractivity contribution < 1.29 is 0 Å². The zero-order valence-corrected chi connectivity index (χ0v) is 10.5. The van der Waals surface area contributed by atoms with Crippen molar-refractivity contribution >= 4 is 0 Å². The summed E-state index contributed by atoms with van der Waals surface area (Å²) in [6, 6.07) is 1.20. The second-order valence-electron chi connectivity index (χ2n) is 4.73. The largest absolute Gasteiger partial charge is 0.314 e. The Bertz CT molecular complexity index is 343. The minimum atomic E-state index is 0.541. The average molecular weight is 222 g/mol. The lowest BCUT2D eigenvalue weighted by atomic mass is 9.91. The zero-order chi connectivity index (χ0) is 11.5. The highest BCUT2D eigenvalue weighted by atomic mass is 15.4. The van der Waals surface area contributed by atoms with Crippen molar-refractivity contribution in [3.05, 3.63) is 11.6 Å². The summed E-state index contributed by atoms with van der Waals surface area (Å²) in [6.45, 7) is 7.26. The van der Waals surface area contributed by atoms with Gasteiger partial charge in [0.1, 0.15) is 11.6 Å². The Kier molecular flexibility index (Phi) is 3.59. The van der Waals surface area contributed by atoms with Crippen molar-refractivity contribution in [1.29, 1.82) is 0 Å². The molecule has 1 aliphatic carbocycles. The van der Waals surface area contributed by atoms with Gasteiger partial charge in [-0.15, -0.1) is 0 Å². The molecule has 0 aromatic carbocycles. The normalized spacial score (nSPS) is 25.9. The Labute approximate surface area is 97.5 Å². The molecule has 1 aromatic heterocycles. The van der Waals surface area contributed by atoms with Crippen LogP contribution in [0.5, 0.6) is 0 Å². The summed E-state index contributed by atoms with van der Waals surface area (Å²) in [5.74, 6) is 1.95. The van der Waals surface area contributed by atoms with Gasteiger partial charge in [-0.2, -0.15) is 5.10 Å². The lowest BCUT2D eigenvalue weighted by Crippen LogP contribution is -2.35. The molecule has 2 atom stereocenters. The van der Waals surface area contributed by atoms with E-state index in [1.165, 1.54) is 25.7 Å². The Morgan fingerprint density at radius 1 is 1.38 bits per heavy atom. The van der Waals surface area contributed by atoms with Gasteiger partial charge in [-0.05, 0) is 46.1 Å². The minimum Gasteiger partial charge on any atom is -0.314 e. The van der Waals surface area contributed by atoms with Crippen molar-refractivity contribution in [2.45, 2.75) is 58.5 Å². The van der Waals surface area contributed by atoms with Crippen LogP contribution in [0.15, 0.2) is 0 Å². The molecule has 1 aliphatic rings. The number of rotatable bonds is 3. The zero-order valence-electron chi connectivity index (χ0n) is 10.5. The smallest absolute Gasteiger partial charge is 0.147 e. The first kappa shape index (κ1) is 11.6. The van der Waals surface area contributed by atoms with Crippen LogP contribution >= 0.6 is 0 Å². The Morgan fingerprint density at radius 2 is 2.19 bits per heavy atom. The molecular formula is C12H22N4. The van der Waals surface area contributed by atoms with E-state index in [1.54, 1.807) is 0 Å².